The number of para-hydroxylation sites is 1. The summed E-state index contributed by atoms with van der Waals surface area (Å²) in [7, 11) is 1.58. The molecule has 0 radical (unpaired) electrons. The van der Waals surface area contributed by atoms with Gasteiger partial charge in [0.25, 0.3) is 5.91 Å². The maximum absolute atomic E-state index is 12.5. The van der Waals surface area contributed by atoms with Crippen LogP contribution in [0.2, 0.25) is 5.02 Å². The third-order valence-electron chi connectivity index (χ3n) is 3.99. The number of rotatable bonds is 5. The molecule has 2 aromatic heterocycles. The number of carbonyl (C=O) groups excluding carboxylic acids is 1. The van der Waals surface area contributed by atoms with Gasteiger partial charge < -0.3 is 4.74 Å². The summed E-state index contributed by atoms with van der Waals surface area (Å²) >= 11 is 6.00. The minimum atomic E-state index is -0.376. The molecule has 0 fully saturated rings. The number of methoxy groups -OCH3 is 1. The van der Waals surface area contributed by atoms with E-state index in [1.807, 2.05) is 36.4 Å². The van der Waals surface area contributed by atoms with E-state index in [2.05, 4.69) is 25.6 Å². The van der Waals surface area contributed by atoms with E-state index in [0.29, 0.717) is 22.2 Å². The highest BCUT2D eigenvalue weighted by Gasteiger charge is 2.15. The summed E-state index contributed by atoms with van der Waals surface area (Å²) < 4.78 is 6.89. The van der Waals surface area contributed by atoms with Gasteiger partial charge in [-0.15, -0.1) is 5.10 Å². The van der Waals surface area contributed by atoms with E-state index in [9.17, 15) is 4.79 Å². The first-order valence-electron chi connectivity index (χ1n) is 8.32. The Kier molecular flexibility index (Phi) is 4.77. The number of nitrogens with one attached hydrogen (secondary N) is 2. The molecular formula is C19H15ClN6O2. The molecule has 1 amide bonds. The number of amides is 1. The highest BCUT2D eigenvalue weighted by molar-refractivity contribution is 6.30. The molecule has 2 heterocycles. The lowest BCUT2D eigenvalue weighted by Gasteiger charge is -2.04. The van der Waals surface area contributed by atoms with Gasteiger partial charge in [-0.05, 0) is 30.3 Å². The van der Waals surface area contributed by atoms with Crippen molar-refractivity contribution in [2.24, 2.45) is 0 Å². The van der Waals surface area contributed by atoms with Gasteiger partial charge in [-0.2, -0.15) is 10.1 Å². The predicted octanol–water partition coefficient (Wildman–Crippen LogP) is 3.57. The van der Waals surface area contributed by atoms with Crippen molar-refractivity contribution in [1.29, 1.82) is 0 Å². The summed E-state index contributed by atoms with van der Waals surface area (Å²) in [4.78, 5) is 16.8. The fourth-order valence-corrected chi connectivity index (χ4v) is 2.84. The zero-order chi connectivity index (χ0) is 19.5. The number of aromatic nitrogens is 5. The van der Waals surface area contributed by atoms with Crippen LogP contribution in [-0.2, 0) is 0 Å². The lowest BCUT2D eigenvalue weighted by atomic mass is 10.2. The molecule has 0 unspecified atom stereocenters. The molecule has 2 N–H and O–H groups in total. The molecule has 0 aliphatic heterocycles. The molecule has 0 aliphatic rings. The fourth-order valence-electron chi connectivity index (χ4n) is 2.65. The topological polar surface area (TPSA) is 97.7 Å². The third kappa shape index (κ3) is 3.58. The largest absolute Gasteiger partial charge is 0.496 e. The molecule has 4 aromatic rings. The Hall–Kier alpha value is -3.65. The van der Waals surface area contributed by atoms with Crippen LogP contribution in [0, 0.1) is 0 Å². The van der Waals surface area contributed by atoms with Crippen LogP contribution in [0.1, 0.15) is 10.4 Å². The second-order valence-corrected chi connectivity index (χ2v) is 6.25. The number of aromatic amines is 1. The maximum atomic E-state index is 12.5. The Bertz CT molecular complexity index is 1140. The summed E-state index contributed by atoms with van der Waals surface area (Å²) in [5.74, 6) is 0.918. The van der Waals surface area contributed by atoms with Crippen molar-refractivity contribution in [3.8, 4) is 22.8 Å². The predicted molar refractivity (Wildman–Crippen MR) is 105 cm³/mol. The second kappa shape index (κ2) is 7.53. The van der Waals surface area contributed by atoms with Gasteiger partial charge in [0.1, 0.15) is 5.75 Å². The quantitative estimate of drug-likeness (QED) is 0.539. The summed E-state index contributed by atoms with van der Waals surface area (Å²) in [5.41, 5.74) is 1.86. The van der Waals surface area contributed by atoms with E-state index in [-0.39, 0.29) is 11.9 Å². The first-order chi connectivity index (χ1) is 13.6. The minimum absolute atomic E-state index is 0.154. The smallest absolute Gasteiger partial charge is 0.261 e. The van der Waals surface area contributed by atoms with Crippen LogP contribution in [0.4, 0.5) is 5.95 Å². The van der Waals surface area contributed by atoms with Crippen molar-refractivity contribution in [3.05, 3.63) is 71.5 Å². The molecule has 0 aliphatic carbocycles. The average molecular weight is 395 g/mol. The van der Waals surface area contributed by atoms with Gasteiger partial charge in [0.2, 0.25) is 5.95 Å². The Morgan fingerprint density at radius 2 is 2.07 bits per heavy atom. The highest BCUT2D eigenvalue weighted by Crippen LogP contribution is 2.27. The molecule has 0 saturated heterocycles. The van der Waals surface area contributed by atoms with Gasteiger partial charge in [0.15, 0.2) is 5.82 Å². The van der Waals surface area contributed by atoms with Gasteiger partial charge in [-0.25, -0.2) is 4.68 Å². The number of H-pyrrole nitrogens is 1. The van der Waals surface area contributed by atoms with Crippen LogP contribution < -0.4 is 10.1 Å². The van der Waals surface area contributed by atoms with E-state index < -0.39 is 0 Å². The van der Waals surface area contributed by atoms with Crippen molar-refractivity contribution in [3.63, 3.8) is 0 Å². The van der Waals surface area contributed by atoms with E-state index in [0.717, 1.165) is 11.3 Å². The van der Waals surface area contributed by atoms with E-state index >= 15 is 0 Å². The standard InChI is InChI=1S/C19H15ClN6O2/c1-28-16-8-3-2-7-15(16)17-22-19(25-24-17)23-18(27)12-10-21-26(11-12)14-6-4-5-13(20)9-14/h2-11H,1H3,(H2,22,23,24,25,27). The number of halogens is 1. The summed E-state index contributed by atoms with van der Waals surface area (Å²) in [5, 5.41) is 14.3. The number of nitrogens with zero attached hydrogens (tertiary/aromatic N) is 4. The maximum Gasteiger partial charge on any atom is 0.261 e. The number of anilines is 1. The van der Waals surface area contributed by atoms with Crippen molar-refractivity contribution in [2.45, 2.75) is 0 Å². The number of ether oxygens (including phenoxy) is 1. The first-order valence-corrected chi connectivity index (χ1v) is 8.69. The summed E-state index contributed by atoms with van der Waals surface area (Å²) in [6, 6.07) is 14.6. The average Bonchev–Trinajstić information content (AvgIpc) is 3.38. The van der Waals surface area contributed by atoms with Crippen molar-refractivity contribution in [1.82, 2.24) is 25.0 Å². The van der Waals surface area contributed by atoms with Crippen molar-refractivity contribution < 1.29 is 9.53 Å². The van der Waals surface area contributed by atoms with Gasteiger partial charge in [-0.3, -0.25) is 15.2 Å². The molecule has 0 spiro atoms. The summed E-state index contributed by atoms with van der Waals surface area (Å²) in [6.07, 6.45) is 3.07. The van der Waals surface area contributed by atoms with Gasteiger partial charge in [0.05, 0.1) is 30.1 Å². The zero-order valence-electron chi connectivity index (χ0n) is 14.8. The highest BCUT2D eigenvalue weighted by atomic mass is 35.5. The second-order valence-electron chi connectivity index (χ2n) is 5.82. The number of benzene rings is 2. The normalized spacial score (nSPS) is 10.6. The zero-order valence-corrected chi connectivity index (χ0v) is 15.5. The van der Waals surface area contributed by atoms with Crippen LogP contribution in [0.5, 0.6) is 5.75 Å². The molecule has 0 bridgehead atoms. The lowest BCUT2D eigenvalue weighted by molar-refractivity contribution is 0.102. The molecule has 140 valence electrons. The molecule has 4 rings (SSSR count). The number of carbonyl (C=O) groups is 1. The lowest BCUT2D eigenvalue weighted by Crippen LogP contribution is -2.12. The minimum Gasteiger partial charge on any atom is -0.496 e. The van der Waals surface area contributed by atoms with E-state index in [1.165, 1.54) is 6.20 Å². The Morgan fingerprint density at radius 1 is 1.21 bits per heavy atom. The Morgan fingerprint density at radius 3 is 2.89 bits per heavy atom. The first kappa shape index (κ1) is 17.7. The number of hydrogen-bond acceptors (Lipinski definition) is 5. The molecule has 2 aromatic carbocycles. The summed E-state index contributed by atoms with van der Waals surface area (Å²) in [6.45, 7) is 0. The SMILES string of the molecule is COc1ccccc1-c1nc(NC(=O)c2cnn(-c3cccc(Cl)c3)c2)n[nH]1. The van der Waals surface area contributed by atoms with Crippen molar-refractivity contribution in [2.75, 3.05) is 12.4 Å². The molecule has 0 saturated carbocycles. The van der Waals surface area contributed by atoms with Crippen LogP contribution in [-0.4, -0.2) is 38.0 Å². The molecule has 9 heteroatoms. The van der Waals surface area contributed by atoms with Crippen LogP contribution in [0.15, 0.2) is 60.9 Å². The van der Waals surface area contributed by atoms with Crippen LogP contribution in [0.25, 0.3) is 17.1 Å². The van der Waals surface area contributed by atoms with Crippen LogP contribution >= 0.6 is 11.6 Å². The van der Waals surface area contributed by atoms with E-state index in [4.69, 9.17) is 16.3 Å². The van der Waals surface area contributed by atoms with Gasteiger partial charge >= 0.3 is 0 Å². The van der Waals surface area contributed by atoms with E-state index in [1.54, 1.807) is 30.1 Å². The van der Waals surface area contributed by atoms with Gasteiger partial charge in [0, 0.05) is 11.2 Å². The molecule has 8 nitrogen and oxygen atoms in total. The van der Waals surface area contributed by atoms with Crippen molar-refractivity contribution >= 4 is 23.5 Å². The van der Waals surface area contributed by atoms with Crippen LogP contribution in [0.3, 0.4) is 0 Å². The number of hydrogen-bond donors (Lipinski definition) is 2. The monoisotopic (exact) mass is 394 g/mol. The Balaban J connectivity index is 1.51. The molecular weight excluding hydrogens is 380 g/mol. The van der Waals surface area contributed by atoms with Gasteiger partial charge in [-0.1, -0.05) is 29.8 Å². The third-order valence-corrected chi connectivity index (χ3v) is 4.23. The molecule has 28 heavy (non-hydrogen) atoms. The fraction of sp³-hybridized carbons (Fsp3) is 0.0526. The Labute approximate surface area is 165 Å². The molecule has 0 atom stereocenters.